The van der Waals surface area contributed by atoms with Crippen molar-refractivity contribution >= 4 is 44.4 Å². The lowest BCUT2D eigenvalue weighted by molar-refractivity contribution is -0.137. The van der Waals surface area contributed by atoms with Crippen LogP contribution in [-0.2, 0) is 24.6 Å². The molecule has 15 heteroatoms. The first-order valence-corrected chi connectivity index (χ1v) is 10.2. The standard InChI is InChI=1S/C18H10BrCl2F3N4O5/c1-26-15(30)27(7-13(21)29)17(32)28(16(26)31)12-5-9(2-3-10(12)19)33-14-11(20)4-8(6-25-14)18(22,23)24/h2-6H,7H2,1H3. The smallest absolute Gasteiger partial charge is 0.417 e. The molecule has 0 spiro atoms. The van der Waals surface area contributed by atoms with Crippen LogP contribution in [0.2, 0.25) is 5.02 Å². The molecule has 0 fully saturated rings. The van der Waals surface area contributed by atoms with E-state index in [1.54, 1.807) is 0 Å². The van der Waals surface area contributed by atoms with Crippen LogP contribution in [0.25, 0.3) is 5.69 Å². The van der Waals surface area contributed by atoms with Crippen LogP contribution in [0.15, 0.2) is 49.3 Å². The van der Waals surface area contributed by atoms with E-state index in [-0.39, 0.29) is 21.8 Å². The van der Waals surface area contributed by atoms with Crippen LogP contribution < -0.4 is 21.8 Å². The Bertz CT molecular complexity index is 1450. The van der Waals surface area contributed by atoms with E-state index in [9.17, 15) is 32.3 Å². The number of aromatic nitrogens is 4. The predicted molar refractivity (Wildman–Crippen MR) is 114 cm³/mol. The summed E-state index contributed by atoms with van der Waals surface area (Å²) in [7, 11) is 1.09. The van der Waals surface area contributed by atoms with Crippen molar-refractivity contribution in [3.8, 4) is 17.3 Å². The molecule has 3 aromatic rings. The van der Waals surface area contributed by atoms with Gasteiger partial charge in [0, 0.05) is 23.8 Å². The summed E-state index contributed by atoms with van der Waals surface area (Å²) in [6, 6.07) is 4.54. The summed E-state index contributed by atoms with van der Waals surface area (Å²) in [4.78, 5) is 52.5. The minimum absolute atomic E-state index is 0.0533. The molecule has 174 valence electrons. The van der Waals surface area contributed by atoms with Gasteiger partial charge in [-0.3, -0.25) is 4.79 Å². The zero-order valence-corrected chi connectivity index (χ0v) is 19.3. The molecule has 3 rings (SSSR count). The van der Waals surface area contributed by atoms with Gasteiger partial charge in [-0.1, -0.05) is 11.6 Å². The van der Waals surface area contributed by atoms with Gasteiger partial charge in [-0.05, 0) is 45.7 Å². The molecule has 0 aliphatic carbocycles. The molecular weight excluding hydrogens is 560 g/mol. The van der Waals surface area contributed by atoms with E-state index < -0.39 is 45.6 Å². The number of hydrogen-bond donors (Lipinski definition) is 0. The fourth-order valence-corrected chi connectivity index (χ4v) is 3.41. The lowest BCUT2D eigenvalue weighted by Crippen LogP contribution is -2.53. The molecule has 0 radical (unpaired) electrons. The molecule has 0 unspecified atom stereocenters. The van der Waals surface area contributed by atoms with Crippen LogP contribution in [0.5, 0.6) is 11.6 Å². The second kappa shape index (κ2) is 9.15. The maximum atomic E-state index is 12.8. The first-order valence-electron chi connectivity index (χ1n) is 8.63. The van der Waals surface area contributed by atoms with E-state index >= 15 is 0 Å². The average Bonchev–Trinajstić information content (AvgIpc) is 2.72. The van der Waals surface area contributed by atoms with Gasteiger partial charge in [0.1, 0.15) is 17.3 Å². The second-order valence-electron chi connectivity index (χ2n) is 6.41. The molecular formula is C18H10BrCl2F3N4O5. The molecule has 2 aromatic heterocycles. The van der Waals surface area contributed by atoms with Crippen molar-refractivity contribution in [2.75, 3.05) is 0 Å². The highest BCUT2D eigenvalue weighted by Gasteiger charge is 2.32. The average molecular weight is 570 g/mol. The highest BCUT2D eigenvalue weighted by atomic mass is 79.9. The number of halogens is 6. The molecule has 0 saturated carbocycles. The number of carbonyl (C=O) groups is 1. The van der Waals surface area contributed by atoms with Gasteiger partial charge < -0.3 is 4.74 Å². The molecule has 33 heavy (non-hydrogen) atoms. The summed E-state index contributed by atoms with van der Waals surface area (Å²) in [5.74, 6) is -0.418. The highest BCUT2D eigenvalue weighted by Crippen LogP contribution is 2.35. The van der Waals surface area contributed by atoms with Crippen molar-refractivity contribution in [2.45, 2.75) is 12.7 Å². The summed E-state index contributed by atoms with van der Waals surface area (Å²) >= 11 is 14.3. The van der Waals surface area contributed by atoms with Crippen LogP contribution >= 0.6 is 39.1 Å². The fraction of sp³-hybridized carbons (Fsp3) is 0.167. The number of ether oxygens (including phenoxy) is 1. The van der Waals surface area contributed by atoms with Gasteiger partial charge in [-0.25, -0.2) is 33.1 Å². The Kier molecular flexibility index (Phi) is 6.86. The van der Waals surface area contributed by atoms with E-state index in [1.165, 1.54) is 18.2 Å². The molecule has 2 heterocycles. The Morgan fingerprint density at radius 1 is 1.15 bits per heavy atom. The Hall–Kier alpha value is -2.90. The van der Waals surface area contributed by atoms with Crippen molar-refractivity contribution < 1.29 is 22.7 Å². The summed E-state index contributed by atoms with van der Waals surface area (Å²) < 4.78 is 45.7. The molecule has 0 atom stereocenters. The lowest BCUT2D eigenvalue weighted by Gasteiger charge is -2.14. The van der Waals surface area contributed by atoms with E-state index in [0.29, 0.717) is 26.0 Å². The molecule has 0 aliphatic rings. The Balaban J connectivity index is 2.13. The van der Waals surface area contributed by atoms with E-state index in [1.807, 2.05) is 0 Å². The first-order chi connectivity index (χ1) is 15.3. The van der Waals surface area contributed by atoms with Gasteiger partial charge in [0.25, 0.3) is 0 Å². The van der Waals surface area contributed by atoms with Crippen LogP contribution in [0, 0.1) is 0 Å². The number of alkyl halides is 3. The van der Waals surface area contributed by atoms with Crippen molar-refractivity contribution in [1.29, 1.82) is 0 Å². The van der Waals surface area contributed by atoms with Crippen LogP contribution in [0.1, 0.15) is 5.56 Å². The van der Waals surface area contributed by atoms with Crippen LogP contribution in [0.3, 0.4) is 0 Å². The van der Waals surface area contributed by atoms with Crippen molar-refractivity contribution in [2.24, 2.45) is 7.05 Å². The molecule has 0 saturated heterocycles. The maximum absolute atomic E-state index is 12.8. The number of pyridine rings is 1. The fourth-order valence-electron chi connectivity index (χ4n) is 2.66. The lowest BCUT2D eigenvalue weighted by atomic mass is 10.3. The number of hydrogen-bond acceptors (Lipinski definition) is 6. The van der Waals surface area contributed by atoms with Gasteiger partial charge in [-0.15, -0.1) is 0 Å². The molecule has 0 N–H and O–H groups in total. The monoisotopic (exact) mass is 568 g/mol. The summed E-state index contributed by atoms with van der Waals surface area (Å²) in [6.45, 7) is -0.785. The minimum Gasteiger partial charge on any atom is -0.437 e. The molecule has 0 aliphatic heterocycles. The SMILES string of the molecule is Cn1c(=O)n(CC(=O)Cl)c(=O)n(-c2cc(Oc3ncc(C(F)(F)F)cc3Cl)ccc2Br)c1=O. The second-order valence-corrected chi connectivity index (χ2v) is 8.09. The quantitative estimate of drug-likeness (QED) is 0.437. The highest BCUT2D eigenvalue weighted by molar-refractivity contribution is 9.10. The van der Waals surface area contributed by atoms with Gasteiger partial charge in [0.05, 0.1) is 11.3 Å². The van der Waals surface area contributed by atoms with Gasteiger partial charge in [0.15, 0.2) is 0 Å². The third-order valence-corrected chi connectivity index (χ3v) is 5.27. The number of benzene rings is 1. The Morgan fingerprint density at radius 3 is 2.39 bits per heavy atom. The minimum atomic E-state index is -4.66. The van der Waals surface area contributed by atoms with Crippen LogP contribution in [-0.4, -0.2) is 23.9 Å². The topological polar surface area (TPSA) is 105 Å². The normalized spacial score (nSPS) is 11.5. The van der Waals surface area contributed by atoms with Gasteiger partial charge >= 0.3 is 23.2 Å². The Morgan fingerprint density at radius 2 is 1.82 bits per heavy atom. The molecule has 0 amide bonds. The van der Waals surface area contributed by atoms with Gasteiger partial charge in [0.2, 0.25) is 11.1 Å². The van der Waals surface area contributed by atoms with E-state index in [4.69, 9.17) is 27.9 Å². The van der Waals surface area contributed by atoms with Crippen LogP contribution in [0.4, 0.5) is 13.2 Å². The van der Waals surface area contributed by atoms with Crippen molar-refractivity contribution in [1.82, 2.24) is 18.7 Å². The third kappa shape index (κ3) is 5.04. The number of rotatable bonds is 5. The largest absolute Gasteiger partial charge is 0.437 e. The van der Waals surface area contributed by atoms with E-state index in [0.717, 1.165) is 7.05 Å². The zero-order valence-electron chi connectivity index (χ0n) is 16.2. The first kappa shape index (κ1) is 24.7. The Labute approximate surface area is 199 Å². The summed E-state index contributed by atoms with van der Waals surface area (Å²) in [5.41, 5.74) is -4.42. The van der Waals surface area contributed by atoms with Crippen molar-refractivity contribution in [3.05, 3.63) is 77.0 Å². The van der Waals surface area contributed by atoms with Gasteiger partial charge in [-0.2, -0.15) is 13.2 Å². The van der Waals surface area contributed by atoms with E-state index in [2.05, 4.69) is 20.9 Å². The molecule has 1 aromatic carbocycles. The summed E-state index contributed by atoms with van der Waals surface area (Å²) in [6.07, 6.45) is -4.13. The molecule has 9 nitrogen and oxygen atoms in total. The van der Waals surface area contributed by atoms with Crippen molar-refractivity contribution in [3.63, 3.8) is 0 Å². The maximum Gasteiger partial charge on any atom is 0.417 e. The summed E-state index contributed by atoms with van der Waals surface area (Å²) in [5, 5.41) is -1.45. The third-order valence-electron chi connectivity index (χ3n) is 4.21. The predicted octanol–water partition coefficient (Wildman–Crippen LogP) is 3.09. The number of nitrogens with zero attached hydrogens (tertiary/aromatic N) is 4. The molecule has 0 bridgehead atoms. The zero-order chi connectivity index (χ0) is 24.7. The number of carbonyl (C=O) groups excluding carboxylic acids is 1.